The van der Waals surface area contributed by atoms with Gasteiger partial charge in [-0.3, -0.25) is 0 Å². The smallest absolute Gasteiger partial charge is 0.213 e. The maximum absolute atomic E-state index is 13.7. The molecule has 0 saturated carbocycles. The second-order valence-corrected chi connectivity index (χ2v) is 4.08. The molecule has 1 heterocycles. The zero-order valence-corrected chi connectivity index (χ0v) is 10.4. The van der Waals surface area contributed by atoms with Crippen molar-refractivity contribution in [1.82, 2.24) is 4.98 Å². The molecular weight excluding hydrogens is 257 g/mol. The lowest BCUT2D eigenvalue weighted by atomic mass is 10.0. The van der Waals surface area contributed by atoms with Crippen LogP contribution in [-0.2, 0) is 6.61 Å². The van der Waals surface area contributed by atoms with Gasteiger partial charge in [0, 0.05) is 16.7 Å². The summed E-state index contributed by atoms with van der Waals surface area (Å²) in [5, 5.41) is 9.59. The van der Waals surface area contributed by atoms with Crippen molar-refractivity contribution in [3.63, 3.8) is 0 Å². The summed E-state index contributed by atoms with van der Waals surface area (Å²) in [7, 11) is 1.46. The highest BCUT2D eigenvalue weighted by atomic mass is 35.5. The number of hydrogen-bond donors (Lipinski definition) is 1. The third-order valence-electron chi connectivity index (χ3n) is 2.57. The Morgan fingerprint density at radius 3 is 2.83 bits per heavy atom. The van der Waals surface area contributed by atoms with Gasteiger partial charge in [-0.25, -0.2) is 9.37 Å². The molecule has 2 aromatic rings. The summed E-state index contributed by atoms with van der Waals surface area (Å²) in [5.41, 5.74) is 1.51. The lowest BCUT2D eigenvalue weighted by molar-refractivity contribution is 0.282. The molecule has 0 bridgehead atoms. The Morgan fingerprint density at radius 2 is 2.17 bits per heavy atom. The molecule has 2 rings (SSSR count). The minimum absolute atomic E-state index is 0.198. The van der Waals surface area contributed by atoms with Crippen molar-refractivity contribution < 1.29 is 14.2 Å². The number of aromatic nitrogens is 1. The molecule has 0 aliphatic heterocycles. The monoisotopic (exact) mass is 267 g/mol. The van der Waals surface area contributed by atoms with Crippen LogP contribution in [0.3, 0.4) is 0 Å². The first-order valence-electron chi connectivity index (χ1n) is 5.25. The van der Waals surface area contributed by atoms with Gasteiger partial charge in [-0.2, -0.15) is 0 Å². The molecule has 0 saturated heterocycles. The molecule has 1 N–H and O–H groups in total. The molecule has 0 fully saturated rings. The molecule has 0 amide bonds. The standard InChI is InChI=1S/C13H11ClFNO2/c1-18-13-5-10(12(15)6-16-13)8-2-3-11(14)9(4-8)7-17/h2-6,17H,7H2,1H3. The fraction of sp³-hybridized carbons (Fsp3) is 0.154. The van der Waals surface area contributed by atoms with Gasteiger partial charge in [-0.05, 0) is 23.3 Å². The van der Waals surface area contributed by atoms with Gasteiger partial charge in [0.2, 0.25) is 5.88 Å². The Bertz CT molecular complexity index is 575. The average Bonchev–Trinajstić information content (AvgIpc) is 2.40. The Kier molecular flexibility index (Phi) is 3.79. The molecule has 1 aromatic heterocycles. The minimum Gasteiger partial charge on any atom is -0.481 e. The van der Waals surface area contributed by atoms with Crippen LogP contribution >= 0.6 is 11.6 Å². The van der Waals surface area contributed by atoms with E-state index in [1.54, 1.807) is 18.2 Å². The summed E-state index contributed by atoms with van der Waals surface area (Å²) in [6.07, 6.45) is 1.10. The number of halogens is 2. The summed E-state index contributed by atoms with van der Waals surface area (Å²) in [5.74, 6) is -0.131. The van der Waals surface area contributed by atoms with Gasteiger partial charge >= 0.3 is 0 Å². The summed E-state index contributed by atoms with van der Waals surface area (Å²) in [6, 6.07) is 6.44. The van der Waals surface area contributed by atoms with E-state index in [1.807, 2.05) is 0 Å². The number of aliphatic hydroxyl groups excluding tert-OH is 1. The fourth-order valence-corrected chi connectivity index (χ4v) is 1.79. The van der Waals surface area contributed by atoms with Crippen molar-refractivity contribution >= 4 is 11.6 Å². The highest BCUT2D eigenvalue weighted by Gasteiger charge is 2.10. The number of pyridine rings is 1. The van der Waals surface area contributed by atoms with Crippen molar-refractivity contribution in [3.8, 4) is 17.0 Å². The molecule has 0 aliphatic rings. The average molecular weight is 268 g/mol. The Morgan fingerprint density at radius 1 is 1.39 bits per heavy atom. The molecule has 0 spiro atoms. The van der Waals surface area contributed by atoms with Crippen LogP contribution in [0.1, 0.15) is 5.56 Å². The van der Waals surface area contributed by atoms with Crippen LogP contribution in [-0.4, -0.2) is 17.2 Å². The molecule has 0 unspecified atom stereocenters. The van der Waals surface area contributed by atoms with E-state index in [2.05, 4.69) is 4.98 Å². The highest BCUT2D eigenvalue weighted by molar-refractivity contribution is 6.31. The number of nitrogens with zero attached hydrogens (tertiary/aromatic N) is 1. The number of methoxy groups -OCH3 is 1. The predicted molar refractivity (Wildman–Crippen MR) is 67.1 cm³/mol. The van der Waals surface area contributed by atoms with Gasteiger partial charge < -0.3 is 9.84 Å². The number of ether oxygens (including phenoxy) is 1. The number of hydrogen-bond acceptors (Lipinski definition) is 3. The summed E-state index contributed by atoms with van der Waals surface area (Å²) in [4.78, 5) is 3.77. The second kappa shape index (κ2) is 5.33. The number of rotatable bonds is 3. The van der Waals surface area contributed by atoms with E-state index in [1.165, 1.54) is 13.2 Å². The normalized spacial score (nSPS) is 10.4. The third-order valence-corrected chi connectivity index (χ3v) is 2.94. The van der Waals surface area contributed by atoms with E-state index in [9.17, 15) is 4.39 Å². The molecule has 94 valence electrons. The van der Waals surface area contributed by atoms with Crippen molar-refractivity contribution in [2.75, 3.05) is 7.11 Å². The van der Waals surface area contributed by atoms with Gasteiger partial charge in [0.25, 0.3) is 0 Å². The highest BCUT2D eigenvalue weighted by Crippen LogP contribution is 2.28. The van der Waals surface area contributed by atoms with Crippen LogP contribution in [0.2, 0.25) is 5.02 Å². The van der Waals surface area contributed by atoms with Gasteiger partial charge in [-0.15, -0.1) is 0 Å². The Balaban J connectivity index is 2.54. The first-order valence-corrected chi connectivity index (χ1v) is 5.62. The molecule has 1 aromatic carbocycles. The molecular formula is C13H11ClFNO2. The van der Waals surface area contributed by atoms with Gasteiger partial charge in [0.1, 0.15) is 5.82 Å². The zero-order valence-electron chi connectivity index (χ0n) is 9.65. The molecule has 18 heavy (non-hydrogen) atoms. The van der Waals surface area contributed by atoms with Crippen LogP contribution in [0.5, 0.6) is 5.88 Å². The minimum atomic E-state index is -0.456. The largest absolute Gasteiger partial charge is 0.481 e. The van der Waals surface area contributed by atoms with E-state index in [0.29, 0.717) is 27.6 Å². The van der Waals surface area contributed by atoms with Crippen molar-refractivity contribution in [2.24, 2.45) is 0 Å². The zero-order chi connectivity index (χ0) is 13.1. The number of benzene rings is 1. The van der Waals surface area contributed by atoms with Crippen LogP contribution in [0, 0.1) is 5.82 Å². The lowest BCUT2D eigenvalue weighted by Crippen LogP contribution is -1.93. The Labute approximate surface area is 109 Å². The van der Waals surface area contributed by atoms with Crippen molar-refractivity contribution in [3.05, 3.63) is 46.9 Å². The topological polar surface area (TPSA) is 42.4 Å². The quantitative estimate of drug-likeness (QED) is 0.929. The first-order chi connectivity index (χ1) is 8.65. The van der Waals surface area contributed by atoms with E-state index >= 15 is 0 Å². The van der Waals surface area contributed by atoms with E-state index in [-0.39, 0.29) is 6.61 Å². The maximum atomic E-state index is 13.7. The van der Waals surface area contributed by atoms with Gasteiger partial charge in [0.15, 0.2) is 0 Å². The van der Waals surface area contributed by atoms with Crippen LogP contribution in [0.4, 0.5) is 4.39 Å². The first kappa shape index (κ1) is 12.8. The molecule has 3 nitrogen and oxygen atoms in total. The Hall–Kier alpha value is -1.65. The van der Waals surface area contributed by atoms with Crippen LogP contribution < -0.4 is 4.74 Å². The molecule has 0 atom stereocenters. The second-order valence-electron chi connectivity index (χ2n) is 3.67. The number of aliphatic hydroxyl groups is 1. The van der Waals surface area contributed by atoms with Crippen molar-refractivity contribution in [2.45, 2.75) is 6.61 Å². The van der Waals surface area contributed by atoms with E-state index < -0.39 is 5.82 Å². The van der Waals surface area contributed by atoms with Crippen LogP contribution in [0.15, 0.2) is 30.5 Å². The van der Waals surface area contributed by atoms with E-state index in [4.69, 9.17) is 21.4 Å². The summed E-state index contributed by atoms with van der Waals surface area (Å²) >= 11 is 5.89. The lowest BCUT2D eigenvalue weighted by Gasteiger charge is -2.08. The molecule has 0 radical (unpaired) electrons. The summed E-state index contributed by atoms with van der Waals surface area (Å²) < 4.78 is 18.7. The van der Waals surface area contributed by atoms with Crippen LogP contribution in [0.25, 0.3) is 11.1 Å². The third kappa shape index (κ3) is 2.44. The van der Waals surface area contributed by atoms with Gasteiger partial charge in [0.05, 0.1) is 19.9 Å². The molecule has 0 aliphatic carbocycles. The summed E-state index contributed by atoms with van der Waals surface area (Å²) in [6.45, 7) is -0.198. The maximum Gasteiger partial charge on any atom is 0.213 e. The van der Waals surface area contributed by atoms with Gasteiger partial charge in [-0.1, -0.05) is 17.7 Å². The van der Waals surface area contributed by atoms with E-state index in [0.717, 1.165) is 6.20 Å². The molecule has 5 heteroatoms. The fourth-order valence-electron chi connectivity index (χ4n) is 1.62. The van der Waals surface area contributed by atoms with Crippen molar-refractivity contribution in [1.29, 1.82) is 0 Å². The predicted octanol–water partition coefficient (Wildman–Crippen LogP) is 3.04. The SMILES string of the molecule is COc1cc(-c2ccc(Cl)c(CO)c2)c(F)cn1.